The Kier molecular flexibility index (Phi) is 4.68. The van der Waals surface area contributed by atoms with E-state index < -0.39 is 0 Å². The fourth-order valence-corrected chi connectivity index (χ4v) is 1.40. The van der Waals surface area contributed by atoms with E-state index in [0.717, 1.165) is 0 Å². The van der Waals surface area contributed by atoms with Gasteiger partial charge in [0, 0.05) is 18.1 Å². The number of benzene rings is 1. The first-order valence-corrected chi connectivity index (χ1v) is 5.09. The van der Waals surface area contributed by atoms with Crippen molar-refractivity contribution in [1.29, 1.82) is 0 Å². The second-order valence-electron chi connectivity index (χ2n) is 2.79. The summed E-state index contributed by atoms with van der Waals surface area (Å²) in [5.41, 5.74) is 5.74. The Bertz CT molecular complexity index is 357. The van der Waals surface area contributed by atoms with Crippen LogP contribution in [0.4, 0.5) is 10.5 Å². The molecule has 0 unspecified atom stereocenters. The van der Waals surface area contributed by atoms with E-state index in [1.54, 1.807) is 18.2 Å². The zero-order valence-corrected chi connectivity index (χ0v) is 9.40. The van der Waals surface area contributed by atoms with Gasteiger partial charge in [-0.15, -0.1) is 0 Å². The summed E-state index contributed by atoms with van der Waals surface area (Å²) in [5, 5.41) is 6.05. The van der Waals surface area contributed by atoms with Gasteiger partial charge in [-0.2, -0.15) is 0 Å². The summed E-state index contributed by atoms with van der Waals surface area (Å²) in [6.45, 7) is 0.804. The maximum Gasteiger partial charge on any atom is 0.319 e. The van der Waals surface area contributed by atoms with Crippen molar-refractivity contribution < 1.29 is 4.79 Å². The lowest BCUT2D eigenvalue weighted by Gasteiger charge is -2.08. The minimum Gasteiger partial charge on any atom is -0.337 e. The van der Waals surface area contributed by atoms with Gasteiger partial charge in [0.15, 0.2) is 0 Å². The van der Waals surface area contributed by atoms with E-state index in [1.807, 2.05) is 0 Å². The van der Waals surface area contributed by atoms with Crippen LogP contribution in [-0.4, -0.2) is 19.1 Å². The Morgan fingerprint density at radius 3 is 2.73 bits per heavy atom. The standard InChI is InChI=1S/C9H11Cl2N3O/c10-6-1-2-8(7(11)5-6)14-9(15)13-4-3-12/h1-2,5H,3-4,12H2,(H2,13,14,15). The molecule has 4 N–H and O–H groups in total. The van der Waals surface area contributed by atoms with E-state index >= 15 is 0 Å². The Labute approximate surface area is 97.7 Å². The quantitative estimate of drug-likeness (QED) is 0.766. The van der Waals surface area contributed by atoms with Crippen LogP contribution in [0.3, 0.4) is 0 Å². The maximum atomic E-state index is 11.2. The van der Waals surface area contributed by atoms with Gasteiger partial charge in [-0.3, -0.25) is 0 Å². The molecule has 2 amide bonds. The Morgan fingerprint density at radius 2 is 2.13 bits per heavy atom. The first kappa shape index (κ1) is 12.1. The second-order valence-corrected chi connectivity index (χ2v) is 3.64. The first-order valence-electron chi connectivity index (χ1n) is 4.33. The van der Waals surface area contributed by atoms with Gasteiger partial charge in [0.05, 0.1) is 10.7 Å². The van der Waals surface area contributed by atoms with Crippen LogP contribution in [0.2, 0.25) is 10.0 Å². The molecule has 1 aromatic carbocycles. The van der Waals surface area contributed by atoms with Gasteiger partial charge in [0.1, 0.15) is 0 Å². The van der Waals surface area contributed by atoms with Crippen molar-refractivity contribution in [2.24, 2.45) is 5.73 Å². The van der Waals surface area contributed by atoms with Crippen LogP contribution in [0, 0.1) is 0 Å². The molecule has 0 atom stereocenters. The van der Waals surface area contributed by atoms with Gasteiger partial charge in [-0.1, -0.05) is 23.2 Å². The van der Waals surface area contributed by atoms with Crippen LogP contribution >= 0.6 is 23.2 Å². The molecule has 15 heavy (non-hydrogen) atoms. The third-order valence-corrected chi connectivity index (χ3v) is 2.16. The predicted molar refractivity (Wildman–Crippen MR) is 62.5 cm³/mol. The van der Waals surface area contributed by atoms with Crippen molar-refractivity contribution in [1.82, 2.24) is 5.32 Å². The van der Waals surface area contributed by atoms with Crippen LogP contribution in [0.15, 0.2) is 18.2 Å². The molecule has 0 spiro atoms. The van der Waals surface area contributed by atoms with Crippen molar-refractivity contribution in [2.75, 3.05) is 18.4 Å². The molecule has 0 saturated heterocycles. The molecular weight excluding hydrogens is 237 g/mol. The number of rotatable bonds is 3. The molecule has 0 bridgehead atoms. The smallest absolute Gasteiger partial charge is 0.319 e. The lowest BCUT2D eigenvalue weighted by molar-refractivity contribution is 0.252. The average molecular weight is 248 g/mol. The summed E-state index contributed by atoms with van der Waals surface area (Å²) in [5.74, 6) is 0. The normalized spacial score (nSPS) is 9.80. The molecule has 0 aromatic heterocycles. The lowest BCUT2D eigenvalue weighted by Crippen LogP contribution is -2.32. The van der Waals surface area contributed by atoms with Crippen LogP contribution in [0.5, 0.6) is 0 Å². The molecule has 0 aliphatic rings. The number of halogens is 2. The van der Waals surface area contributed by atoms with Crippen molar-refractivity contribution in [3.8, 4) is 0 Å². The SMILES string of the molecule is NCCNC(=O)Nc1ccc(Cl)cc1Cl. The van der Waals surface area contributed by atoms with Crippen molar-refractivity contribution in [3.05, 3.63) is 28.2 Å². The molecule has 1 rings (SSSR count). The van der Waals surface area contributed by atoms with E-state index in [9.17, 15) is 4.79 Å². The van der Waals surface area contributed by atoms with E-state index in [1.165, 1.54) is 0 Å². The van der Waals surface area contributed by atoms with E-state index in [0.29, 0.717) is 28.8 Å². The fourth-order valence-electron chi connectivity index (χ4n) is 0.943. The molecule has 0 fully saturated rings. The highest BCUT2D eigenvalue weighted by molar-refractivity contribution is 6.36. The van der Waals surface area contributed by atoms with Crippen molar-refractivity contribution in [2.45, 2.75) is 0 Å². The van der Waals surface area contributed by atoms with Crippen molar-refractivity contribution >= 4 is 34.9 Å². The second kappa shape index (κ2) is 5.80. The molecule has 6 heteroatoms. The molecule has 1 aromatic rings. The zero-order valence-electron chi connectivity index (χ0n) is 7.89. The summed E-state index contributed by atoms with van der Waals surface area (Å²) in [4.78, 5) is 11.2. The number of urea groups is 1. The summed E-state index contributed by atoms with van der Waals surface area (Å²) in [6, 6.07) is 4.49. The number of hydrogen-bond donors (Lipinski definition) is 3. The first-order chi connectivity index (χ1) is 7.13. The maximum absolute atomic E-state index is 11.2. The number of nitrogens with two attached hydrogens (primary N) is 1. The van der Waals surface area contributed by atoms with E-state index in [2.05, 4.69) is 10.6 Å². The predicted octanol–water partition coefficient (Wildman–Crippen LogP) is 2.07. The van der Waals surface area contributed by atoms with Crippen LogP contribution in [0.25, 0.3) is 0 Å². The lowest BCUT2D eigenvalue weighted by atomic mass is 10.3. The molecule has 0 aliphatic heterocycles. The largest absolute Gasteiger partial charge is 0.337 e. The molecule has 0 heterocycles. The molecule has 0 radical (unpaired) electrons. The van der Waals surface area contributed by atoms with E-state index in [-0.39, 0.29) is 6.03 Å². The van der Waals surface area contributed by atoms with Gasteiger partial charge in [-0.05, 0) is 18.2 Å². The molecule has 82 valence electrons. The number of anilines is 1. The minimum absolute atomic E-state index is 0.343. The summed E-state index contributed by atoms with van der Waals surface area (Å²) in [6.07, 6.45) is 0. The Balaban J connectivity index is 2.60. The van der Waals surface area contributed by atoms with Gasteiger partial charge in [0.2, 0.25) is 0 Å². The zero-order chi connectivity index (χ0) is 11.3. The molecule has 0 aliphatic carbocycles. The number of carbonyl (C=O) groups excluding carboxylic acids is 1. The third-order valence-electron chi connectivity index (χ3n) is 1.61. The van der Waals surface area contributed by atoms with E-state index in [4.69, 9.17) is 28.9 Å². The highest BCUT2D eigenvalue weighted by Gasteiger charge is 2.04. The summed E-state index contributed by atoms with van der Waals surface area (Å²) < 4.78 is 0. The van der Waals surface area contributed by atoms with Crippen molar-refractivity contribution in [3.63, 3.8) is 0 Å². The molecule has 4 nitrogen and oxygen atoms in total. The highest BCUT2D eigenvalue weighted by atomic mass is 35.5. The van der Waals surface area contributed by atoms with Gasteiger partial charge in [0.25, 0.3) is 0 Å². The van der Waals surface area contributed by atoms with Gasteiger partial charge in [-0.25, -0.2) is 4.79 Å². The Morgan fingerprint density at radius 1 is 1.40 bits per heavy atom. The topological polar surface area (TPSA) is 67.1 Å². The van der Waals surface area contributed by atoms with Gasteiger partial charge >= 0.3 is 6.03 Å². The van der Waals surface area contributed by atoms with Crippen LogP contribution in [0.1, 0.15) is 0 Å². The van der Waals surface area contributed by atoms with Gasteiger partial charge < -0.3 is 16.4 Å². The number of carbonyl (C=O) groups is 1. The number of hydrogen-bond acceptors (Lipinski definition) is 2. The Hall–Kier alpha value is -0.970. The average Bonchev–Trinajstić information content (AvgIpc) is 2.19. The number of amides is 2. The summed E-state index contributed by atoms with van der Waals surface area (Å²) >= 11 is 11.6. The summed E-state index contributed by atoms with van der Waals surface area (Å²) in [7, 11) is 0. The monoisotopic (exact) mass is 247 g/mol. The highest BCUT2D eigenvalue weighted by Crippen LogP contribution is 2.25. The molecule has 0 saturated carbocycles. The molecular formula is C9H11Cl2N3O. The third kappa shape index (κ3) is 3.95. The minimum atomic E-state index is -0.343. The van der Waals surface area contributed by atoms with Crippen LogP contribution < -0.4 is 16.4 Å². The van der Waals surface area contributed by atoms with Crippen LogP contribution in [-0.2, 0) is 0 Å². The number of nitrogens with one attached hydrogen (secondary N) is 2. The fraction of sp³-hybridized carbons (Fsp3) is 0.222.